The van der Waals surface area contributed by atoms with Gasteiger partial charge in [0.1, 0.15) is 12.1 Å². The molecule has 0 saturated carbocycles. The van der Waals surface area contributed by atoms with Gasteiger partial charge in [0.05, 0.1) is 6.04 Å². The molecule has 2 atom stereocenters. The van der Waals surface area contributed by atoms with Gasteiger partial charge in [-0.3, -0.25) is 14.5 Å². The highest BCUT2D eigenvalue weighted by atomic mass is 32.1. The maximum atomic E-state index is 13.3. The van der Waals surface area contributed by atoms with Crippen molar-refractivity contribution < 1.29 is 14.4 Å². The second-order valence-corrected chi connectivity index (χ2v) is 10.1. The summed E-state index contributed by atoms with van der Waals surface area (Å²) in [5.74, 6) is -0.476. The van der Waals surface area contributed by atoms with E-state index >= 15 is 0 Å². The van der Waals surface area contributed by atoms with Crippen LogP contribution in [-0.2, 0) is 15.1 Å². The molecular weight excluding hydrogens is 446 g/mol. The van der Waals surface area contributed by atoms with Gasteiger partial charge in [-0.25, -0.2) is 4.79 Å². The Hall–Kier alpha value is -3.45. The molecule has 7 heteroatoms. The third-order valence-electron chi connectivity index (χ3n) is 6.28. The van der Waals surface area contributed by atoms with Crippen LogP contribution in [0.4, 0.5) is 4.79 Å². The molecule has 0 aliphatic carbocycles. The number of nitrogens with zero attached hydrogens (tertiary/aromatic N) is 1. The van der Waals surface area contributed by atoms with E-state index in [0.717, 1.165) is 26.5 Å². The van der Waals surface area contributed by atoms with Crippen molar-refractivity contribution in [1.29, 1.82) is 0 Å². The highest BCUT2D eigenvalue weighted by molar-refractivity contribution is 7.10. The molecule has 1 fully saturated rings. The summed E-state index contributed by atoms with van der Waals surface area (Å²) < 4.78 is 0. The number of imide groups is 1. The molecule has 2 heterocycles. The average molecular weight is 476 g/mol. The van der Waals surface area contributed by atoms with E-state index in [4.69, 9.17) is 0 Å². The van der Waals surface area contributed by atoms with Crippen molar-refractivity contribution in [3.63, 3.8) is 0 Å². The van der Waals surface area contributed by atoms with Crippen LogP contribution in [0.1, 0.15) is 59.9 Å². The molecular formula is C27H29N3O3S. The predicted octanol–water partition coefficient (Wildman–Crippen LogP) is 4.85. The van der Waals surface area contributed by atoms with Crippen molar-refractivity contribution in [2.45, 2.75) is 45.2 Å². The molecule has 0 radical (unpaired) electrons. The SMILES string of the molecule is Cc1ccc(C(NC(=O)CN2C(=O)NC(C)(c3ccc(C(C)C)cc3)C2=O)c2cccs2)cc1. The summed E-state index contributed by atoms with van der Waals surface area (Å²) in [5.41, 5.74) is 2.69. The lowest BCUT2D eigenvalue weighted by Crippen LogP contribution is -2.44. The highest BCUT2D eigenvalue weighted by Crippen LogP contribution is 2.30. The fraction of sp³-hybridized carbons (Fsp3) is 0.296. The molecule has 1 aliphatic heterocycles. The summed E-state index contributed by atoms with van der Waals surface area (Å²) in [5, 5.41) is 7.74. The number of amides is 4. The largest absolute Gasteiger partial charge is 0.343 e. The monoisotopic (exact) mass is 475 g/mol. The van der Waals surface area contributed by atoms with Crippen LogP contribution in [0, 0.1) is 6.92 Å². The molecule has 2 aromatic carbocycles. The summed E-state index contributed by atoms with van der Waals surface area (Å²) in [6, 6.07) is 18.6. The van der Waals surface area contributed by atoms with Crippen LogP contribution >= 0.6 is 11.3 Å². The molecule has 4 rings (SSSR count). The number of urea groups is 1. The number of hydrogen-bond acceptors (Lipinski definition) is 4. The van der Waals surface area contributed by atoms with Gasteiger partial charge in [-0.15, -0.1) is 11.3 Å². The van der Waals surface area contributed by atoms with Gasteiger partial charge in [0.15, 0.2) is 0 Å². The van der Waals surface area contributed by atoms with Crippen LogP contribution in [-0.4, -0.2) is 29.3 Å². The summed E-state index contributed by atoms with van der Waals surface area (Å²) in [6.45, 7) is 7.53. The molecule has 1 saturated heterocycles. The molecule has 2 unspecified atom stereocenters. The van der Waals surface area contributed by atoms with E-state index in [1.165, 1.54) is 0 Å². The first-order valence-corrected chi connectivity index (χ1v) is 12.2. The Balaban J connectivity index is 1.51. The van der Waals surface area contributed by atoms with Crippen molar-refractivity contribution in [2.75, 3.05) is 6.54 Å². The number of aryl methyl sites for hydroxylation is 1. The molecule has 2 N–H and O–H groups in total. The Bertz CT molecular complexity index is 1190. The molecule has 4 amide bonds. The molecule has 6 nitrogen and oxygen atoms in total. The van der Waals surface area contributed by atoms with Gasteiger partial charge in [0.25, 0.3) is 5.91 Å². The van der Waals surface area contributed by atoms with Gasteiger partial charge in [-0.05, 0) is 47.9 Å². The third-order valence-corrected chi connectivity index (χ3v) is 7.21. The Morgan fingerprint density at radius 3 is 2.26 bits per heavy atom. The zero-order valence-corrected chi connectivity index (χ0v) is 20.6. The number of rotatable bonds is 7. The van der Waals surface area contributed by atoms with E-state index in [1.807, 2.05) is 73.0 Å². The van der Waals surface area contributed by atoms with Crippen LogP contribution in [0.2, 0.25) is 0 Å². The Morgan fingerprint density at radius 1 is 1.03 bits per heavy atom. The maximum absolute atomic E-state index is 13.3. The van der Waals surface area contributed by atoms with Gasteiger partial charge in [0.2, 0.25) is 5.91 Å². The van der Waals surface area contributed by atoms with Gasteiger partial charge >= 0.3 is 6.03 Å². The fourth-order valence-corrected chi connectivity index (χ4v) is 4.92. The lowest BCUT2D eigenvalue weighted by atomic mass is 9.90. The van der Waals surface area contributed by atoms with E-state index in [2.05, 4.69) is 24.5 Å². The number of thiophene rings is 1. The predicted molar refractivity (Wildman–Crippen MR) is 134 cm³/mol. The molecule has 0 spiro atoms. The molecule has 1 aromatic heterocycles. The molecule has 0 bridgehead atoms. The Labute approximate surface area is 204 Å². The van der Waals surface area contributed by atoms with Crippen LogP contribution in [0.5, 0.6) is 0 Å². The van der Waals surface area contributed by atoms with Gasteiger partial charge in [-0.2, -0.15) is 0 Å². The van der Waals surface area contributed by atoms with Gasteiger partial charge in [0, 0.05) is 4.88 Å². The zero-order valence-electron chi connectivity index (χ0n) is 19.8. The van der Waals surface area contributed by atoms with Gasteiger partial charge in [-0.1, -0.05) is 74.0 Å². The second-order valence-electron chi connectivity index (χ2n) is 9.15. The van der Waals surface area contributed by atoms with E-state index in [9.17, 15) is 14.4 Å². The smallest absolute Gasteiger partial charge is 0.325 e. The number of hydrogen-bond donors (Lipinski definition) is 2. The minimum Gasteiger partial charge on any atom is -0.343 e. The third kappa shape index (κ3) is 4.61. The van der Waals surface area contributed by atoms with Crippen molar-refractivity contribution in [3.05, 3.63) is 93.2 Å². The minimum absolute atomic E-state index is 0.349. The van der Waals surface area contributed by atoms with Crippen molar-refractivity contribution >= 4 is 29.2 Å². The van der Waals surface area contributed by atoms with Crippen molar-refractivity contribution in [2.24, 2.45) is 0 Å². The van der Waals surface area contributed by atoms with E-state index < -0.39 is 23.4 Å². The van der Waals surface area contributed by atoms with Crippen LogP contribution < -0.4 is 10.6 Å². The first kappa shape index (κ1) is 23.7. The first-order chi connectivity index (χ1) is 16.2. The number of carbonyl (C=O) groups is 3. The van der Waals surface area contributed by atoms with Gasteiger partial charge < -0.3 is 10.6 Å². The highest BCUT2D eigenvalue weighted by Gasteiger charge is 2.49. The lowest BCUT2D eigenvalue weighted by Gasteiger charge is -2.23. The Kier molecular flexibility index (Phi) is 6.57. The normalized spacial score (nSPS) is 18.8. The summed E-state index contributed by atoms with van der Waals surface area (Å²) in [6.07, 6.45) is 0. The topological polar surface area (TPSA) is 78.5 Å². The standard InChI is InChI=1S/C27H29N3O3S/c1-17(2)19-11-13-21(14-12-19)27(4)25(32)30(26(33)29-27)16-23(31)28-24(22-6-5-15-34-22)20-9-7-18(3)8-10-20/h5-15,17,24H,16H2,1-4H3,(H,28,31)(H,29,33). The first-order valence-electron chi connectivity index (χ1n) is 11.3. The lowest BCUT2D eigenvalue weighted by molar-refractivity contribution is -0.135. The van der Waals surface area contributed by atoms with E-state index in [-0.39, 0.29) is 12.6 Å². The molecule has 34 heavy (non-hydrogen) atoms. The van der Waals surface area contributed by atoms with Crippen LogP contribution in [0.15, 0.2) is 66.0 Å². The molecule has 3 aromatic rings. The summed E-state index contributed by atoms with van der Waals surface area (Å²) in [7, 11) is 0. The quantitative estimate of drug-likeness (QED) is 0.480. The van der Waals surface area contributed by atoms with Crippen molar-refractivity contribution in [3.8, 4) is 0 Å². The summed E-state index contributed by atoms with van der Waals surface area (Å²) >= 11 is 1.54. The number of carbonyl (C=O) groups excluding carboxylic acids is 3. The zero-order chi connectivity index (χ0) is 24.5. The fourth-order valence-electron chi connectivity index (χ4n) is 4.12. The Morgan fingerprint density at radius 2 is 1.68 bits per heavy atom. The minimum atomic E-state index is -1.21. The van der Waals surface area contributed by atoms with Crippen LogP contribution in [0.3, 0.4) is 0 Å². The number of benzene rings is 2. The van der Waals surface area contributed by atoms with E-state index in [1.54, 1.807) is 18.3 Å². The molecule has 176 valence electrons. The van der Waals surface area contributed by atoms with Crippen LogP contribution in [0.25, 0.3) is 0 Å². The maximum Gasteiger partial charge on any atom is 0.325 e. The average Bonchev–Trinajstić information content (AvgIpc) is 3.42. The number of nitrogens with one attached hydrogen (secondary N) is 2. The summed E-state index contributed by atoms with van der Waals surface area (Å²) in [4.78, 5) is 41.0. The van der Waals surface area contributed by atoms with Crippen molar-refractivity contribution in [1.82, 2.24) is 15.5 Å². The molecule has 1 aliphatic rings. The second kappa shape index (κ2) is 9.43. The van der Waals surface area contributed by atoms with E-state index in [0.29, 0.717) is 11.5 Å².